The second kappa shape index (κ2) is 11.3. The Hall–Kier alpha value is 0.359. The molecular formula is C20H36CuN4-4. The second-order valence-corrected chi connectivity index (χ2v) is 8.22. The van der Waals surface area contributed by atoms with Gasteiger partial charge in [0.15, 0.2) is 0 Å². The van der Waals surface area contributed by atoms with Crippen LogP contribution in [0.5, 0.6) is 0 Å². The van der Waals surface area contributed by atoms with E-state index in [0.29, 0.717) is 36.3 Å². The van der Waals surface area contributed by atoms with Crippen LogP contribution in [0, 0.1) is 0 Å². The van der Waals surface area contributed by atoms with E-state index < -0.39 is 0 Å². The number of fused-ring (bicyclic) bond motifs is 2. The molecule has 1 heterocycles. The van der Waals surface area contributed by atoms with Crippen molar-refractivity contribution in [3.8, 4) is 0 Å². The summed E-state index contributed by atoms with van der Waals surface area (Å²) in [7, 11) is 0. The molecule has 0 aromatic heterocycles. The van der Waals surface area contributed by atoms with Crippen LogP contribution >= 0.6 is 0 Å². The zero-order chi connectivity index (χ0) is 16.8. The van der Waals surface area contributed by atoms with Crippen molar-refractivity contribution in [1.82, 2.24) is 0 Å². The van der Waals surface area contributed by atoms with Gasteiger partial charge in [0.1, 0.15) is 0 Å². The summed E-state index contributed by atoms with van der Waals surface area (Å²) in [5, 5.41) is 20.4. The zero-order valence-electron chi connectivity index (χ0n) is 16.0. The molecule has 0 aromatic carbocycles. The molecular weight excluding hydrogens is 360 g/mol. The number of hydrogen-bond donors (Lipinski definition) is 0. The minimum atomic E-state index is 0. The van der Waals surface area contributed by atoms with Gasteiger partial charge in [-0.2, -0.15) is 37.3 Å². The van der Waals surface area contributed by atoms with Crippen molar-refractivity contribution in [2.24, 2.45) is 0 Å². The van der Waals surface area contributed by atoms with Gasteiger partial charge in [0, 0.05) is 17.1 Å². The first-order valence-electron chi connectivity index (χ1n) is 10.5. The third-order valence-electron chi connectivity index (χ3n) is 6.10. The number of rotatable bonds is 0. The zero-order valence-corrected chi connectivity index (χ0v) is 17.0. The Balaban J connectivity index is 0.00000225. The van der Waals surface area contributed by atoms with Crippen molar-refractivity contribution in [3.63, 3.8) is 0 Å². The summed E-state index contributed by atoms with van der Waals surface area (Å²) in [5.41, 5.74) is 0. The van der Waals surface area contributed by atoms with E-state index >= 15 is 0 Å². The Labute approximate surface area is 165 Å². The predicted molar refractivity (Wildman–Crippen MR) is 103 cm³/mol. The van der Waals surface area contributed by atoms with Gasteiger partial charge in [-0.3, -0.25) is 0 Å². The molecule has 0 bridgehead atoms. The van der Waals surface area contributed by atoms with E-state index in [-0.39, 0.29) is 17.1 Å². The van der Waals surface area contributed by atoms with Crippen molar-refractivity contribution < 1.29 is 17.1 Å². The quantitative estimate of drug-likeness (QED) is 0.474. The fourth-order valence-electron chi connectivity index (χ4n) is 4.61. The van der Waals surface area contributed by atoms with Gasteiger partial charge in [0.2, 0.25) is 0 Å². The summed E-state index contributed by atoms with van der Waals surface area (Å²) < 4.78 is 0. The van der Waals surface area contributed by atoms with Gasteiger partial charge in [-0.25, -0.2) is 0 Å². The van der Waals surface area contributed by atoms with Crippen LogP contribution in [-0.2, 0) is 17.1 Å². The van der Waals surface area contributed by atoms with E-state index in [0.717, 1.165) is 25.9 Å². The molecule has 3 fully saturated rings. The van der Waals surface area contributed by atoms with Crippen LogP contribution in [0.25, 0.3) is 21.3 Å². The van der Waals surface area contributed by atoms with E-state index in [1.807, 2.05) is 0 Å². The van der Waals surface area contributed by atoms with Gasteiger partial charge in [0.25, 0.3) is 0 Å². The molecule has 0 spiro atoms. The summed E-state index contributed by atoms with van der Waals surface area (Å²) in [4.78, 5) is 0. The number of nitrogens with zero attached hydrogens (tertiary/aromatic N) is 4. The molecule has 25 heavy (non-hydrogen) atoms. The van der Waals surface area contributed by atoms with Crippen LogP contribution in [-0.4, -0.2) is 49.3 Å². The van der Waals surface area contributed by atoms with Gasteiger partial charge in [-0.15, -0.1) is 12.1 Å². The Morgan fingerprint density at radius 1 is 0.520 bits per heavy atom. The van der Waals surface area contributed by atoms with E-state index in [1.165, 1.54) is 51.4 Å². The molecule has 0 aromatic rings. The second-order valence-electron chi connectivity index (χ2n) is 8.22. The van der Waals surface area contributed by atoms with E-state index in [4.69, 9.17) is 21.3 Å². The van der Waals surface area contributed by atoms with E-state index in [2.05, 4.69) is 13.8 Å². The Kier molecular flexibility index (Phi) is 9.75. The van der Waals surface area contributed by atoms with Crippen LogP contribution in [0.4, 0.5) is 0 Å². The monoisotopic (exact) mass is 396 g/mol. The van der Waals surface area contributed by atoms with Crippen LogP contribution in [0.2, 0.25) is 0 Å². The maximum absolute atomic E-state index is 5.13. The summed E-state index contributed by atoms with van der Waals surface area (Å²) in [5.74, 6) is 0. The van der Waals surface area contributed by atoms with Crippen molar-refractivity contribution in [2.75, 3.05) is 13.1 Å². The molecule has 151 valence electrons. The fraction of sp³-hybridized carbons (Fsp3) is 1.00. The molecule has 1 aliphatic heterocycles. The molecule has 6 unspecified atom stereocenters. The normalized spacial score (nSPS) is 41.5. The first-order chi connectivity index (χ1) is 11.7. The van der Waals surface area contributed by atoms with Crippen LogP contribution in [0.15, 0.2) is 0 Å². The molecule has 2 saturated carbocycles. The summed E-state index contributed by atoms with van der Waals surface area (Å²) >= 11 is 0. The van der Waals surface area contributed by atoms with Gasteiger partial charge in [-0.05, 0) is 0 Å². The molecule has 3 aliphatic rings. The van der Waals surface area contributed by atoms with Crippen molar-refractivity contribution in [3.05, 3.63) is 21.3 Å². The Morgan fingerprint density at radius 3 is 1.28 bits per heavy atom. The standard InChI is InChI=1S/C20H36N4.Cu/c1-15-11-13-21-18-8-4-6-10-20(18)24-16(2)12-14-22-17-7-3-5-9-19(17)23-15;/h15-20H,3-14H2,1-2H3;/q-4;/i;1+0. The maximum atomic E-state index is 5.13. The molecule has 1 radical (unpaired) electrons. The Morgan fingerprint density at radius 2 is 0.880 bits per heavy atom. The minimum absolute atomic E-state index is 0. The van der Waals surface area contributed by atoms with E-state index in [1.54, 1.807) is 0 Å². The third-order valence-corrected chi connectivity index (χ3v) is 6.10. The molecule has 0 N–H and O–H groups in total. The fourth-order valence-corrected chi connectivity index (χ4v) is 4.61. The first-order valence-corrected chi connectivity index (χ1v) is 10.5. The van der Waals surface area contributed by atoms with Crippen molar-refractivity contribution >= 4 is 0 Å². The van der Waals surface area contributed by atoms with E-state index in [9.17, 15) is 0 Å². The molecule has 1 saturated heterocycles. The molecule has 5 heteroatoms. The summed E-state index contributed by atoms with van der Waals surface area (Å²) in [6, 6.07) is 2.72. The topological polar surface area (TPSA) is 56.4 Å². The van der Waals surface area contributed by atoms with Gasteiger partial charge in [-0.1, -0.05) is 78.1 Å². The van der Waals surface area contributed by atoms with Crippen molar-refractivity contribution in [1.29, 1.82) is 0 Å². The molecule has 2 aliphatic carbocycles. The van der Waals surface area contributed by atoms with Crippen molar-refractivity contribution in [2.45, 2.75) is 114 Å². The third kappa shape index (κ3) is 6.79. The predicted octanol–water partition coefficient (Wildman–Crippen LogP) is 5.67. The molecule has 3 rings (SSSR count). The minimum Gasteiger partial charge on any atom is -0.661 e. The van der Waals surface area contributed by atoms with Crippen LogP contribution in [0.1, 0.15) is 78.1 Å². The van der Waals surface area contributed by atoms with Gasteiger partial charge in [0.05, 0.1) is 0 Å². The van der Waals surface area contributed by atoms with Gasteiger partial charge >= 0.3 is 0 Å². The maximum Gasteiger partial charge on any atom is 0 e. The number of hydrogen-bond acceptors (Lipinski definition) is 0. The summed E-state index contributed by atoms with van der Waals surface area (Å²) in [6.45, 7) is 6.48. The first kappa shape index (κ1) is 21.7. The average Bonchev–Trinajstić information content (AvgIpc) is 2.57. The molecule has 4 nitrogen and oxygen atoms in total. The van der Waals surface area contributed by atoms with Gasteiger partial charge < -0.3 is 21.3 Å². The van der Waals surface area contributed by atoms with Crippen LogP contribution < -0.4 is 0 Å². The summed E-state index contributed by atoms with van der Waals surface area (Å²) in [6.07, 6.45) is 12.5. The average molecular weight is 396 g/mol. The molecule has 0 amide bonds. The largest absolute Gasteiger partial charge is 0.661 e. The Bertz CT molecular complexity index is 334. The SMILES string of the molecule is CC1CC[N-]C2CCCCC2[N-]C(C)CC[N-]C2CCCCC2[N-]1.[64Cu]. The van der Waals surface area contributed by atoms with Crippen LogP contribution in [0.3, 0.4) is 0 Å². The smallest absolute Gasteiger partial charge is 0 e. The molecule has 6 atom stereocenters.